The molecule has 1 fully saturated rings. The molecule has 1 N–H and O–H groups in total. The zero-order chi connectivity index (χ0) is 14.7. The average molecular weight is 316 g/mol. The van der Waals surface area contributed by atoms with Crippen LogP contribution in [0.4, 0.5) is 0 Å². The van der Waals surface area contributed by atoms with E-state index < -0.39 is 5.97 Å². The van der Waals surface area contributed by atoms with Gasteiger partial charge in [0.2, 0.25) is 0 Å². The van der Waals surface area contributed by atoms with E-state index in [1.165, 1.54) is 0 Å². The summed E-state index contributed by atoms with van der Waals surface area (Å²) in [4.78, 5) is 24.6. The molecule has 1 aromatic carbocycles. The van der Waals surface area contributed by atoms with Crippen molar-refractivity contribution < 1.29 is 14.7 Å². The Morgan fingerprint density at radius 3 is 2.75 bits per heavy atom. The molecular weight excluding hydrogens is 301 g/mol. The lowest BCUT2D eigenvalue weighted by Gasteiger charge is -2.17. The molecule has 1 unspecified atom stereocenters. The molecule has 0 bridgehead atoms. The minimum atomic E-state index is -0.796. The fourth-order valence-electron chi connectivity index (χ4n) is 2.41. The van der Waals surface area contributed by atoms with E-state index >= 15 is 0 Å². The van der Waals surface area contributed by atoms with E-state index in [9.17, 15) is 9.59 Å². The topological polar surface area (TPSA) is 57.6 Å². The Morgan fingerprint density at radius 1 is 1.35 bits per heavy atom. The van der Waals surface area contributed by atoms with Gasteiger partial charge in [-0.2, -0.15) is 0 Å². The van der Waals surface area contributed by atoms with Crippen LogP contribution in [0.25, 0.3) is 0 Å². The Bertz CT molecular complexity index is 533. The number of carbonyl (C=O) groups excluding carboxylic acids is 1. The van der Waals surface area contributed by atoms with E-state index in [0.717, 1.165) is 6.42 Å². The zero-order valence-corrected chi connectivity index (χ0v) is 12.3. The molecule has 4 nitrogen and oxygen atoms in total. The van der Waals surface area contributed by atoms with Crippen LogP contribution in [0.3, 0.4) is 0 Å². The van der Waals surface area contributed by atoms with Gasteiger partial charge >= 0.3 is 5.97 Å². The lowest BCUT2D eigenvalue weighted by Crippen LogP contribution is -2.29. The highest BCUT2D eigenvalue weighted by Gasteiger charge is 2.28. The van der Waals surface area contributed by atoms with E-state index in [0.29, 0.717) is 35.1 Å². The number of amides is 1. The van der Waals surface area contributed by atoms with Gasteiger partial charge in [-0.25, -0.2) is 0 Å². The molecule has 1 aliphatic heterocycles. The Morgan fingerprint density at radius 2 is 2.10 bits per heavy atom. The summed E-state index contributed by atoms with van der Waals surface area (Å²) in [5.74, 6) is -0.666. The minimum Gasteiger partial charge on any atom is -0.481 e. The first kappa shape index (κ1) is 15.1. The largest absolute Gasteiger partial charge is 0.481 e. The number of nitrogens with zero attached hydrogens (tertiary/aromatic N) is 1. The predicted octanol–water partition coefficient (Wildman–Crippen LogP) is 3.32. The Balaban J connectivity index is 1.99. The number of carbonyl (C=O) groups is 2. The molecule has 0 aromatic heterocycles. The average Bonchev–Trinajstić information content (AvgIpc) is 2.84. The normalized spacial score (nSPS) is 18.3. The van der Waals surface area contributed by atoms with Gasteiger partial charge in [0.25, 0.3) is 5.91 Å². The van der Waals surface area contributed by atoms with Crippen LogP contribution in [0.15, 0.2) is 18.2 Å². The van der Waals surface area contributed by atoms with Crippen molar-refractivity contribution in [2.24, 2.45) is 5.92 Å². The Hall–Kier alpha value is -1.26. The summed E-state index contributed by atoms with van der Waals surface area (Å²) in [7, 11) is 0. The van der Waals surface area contributed by atoms with Crippen LogP contribution in [0, 0.1) is 5.92 Å². The highest BCUT2D eigenvalue weighted by Crippen LogP contribution is 2.26. The van der Waals surface area contributed by atoms with Crippen molar-refractivity contribution in [2.45, 2.75) is 19.3 Å². The summed E-state index contributed by atoms with van der Waals surface area (Å²) in [6.07, 6.45) is 1.59. The molecule has 1 aliphatic rings. The number of benzene rings is 1. The second-order valence-corrected chi connectivity index (χ2v) is 5.81. The van der Waals surface area contributed by atoms with Gasteiger partial charge in [0.05, 0.1) is 10.6 Å². The van der Waals surface area contributed by atoms with Crippen LogP contribution >= 0.6 is 23.2 Å². The molecular formula is C14H15Cl2NO3. The van der Waals surface area contributed by atoms with Crippen molar-refractivity contribution in [1.82, 2.24) is 4.90 Å². The molecule has 1 saturated heterocycles. The molecule has 108 valence electrons. The van der Waals surface area contributed by atoms with E-state index in [1.807, 2.05) is 0 Å². The number of rotatable bonds is 4. The van der Waals surface area contributed by atoms with Gasteiger partial charge in [-0.1, -0.05) is 23.2 Å². The lowest BCUT2D eigenvalue weighted by molar-refractivity contribution is -0.137. The number of aliphatic carboxylic acids is 1. The summed E-state index contributed by atoms with van der Waals surface area (Å²) < 4.78 is 0. The van der Waals surface area contributed by atoms with Crippen LogP contribution in [0.2, 0.25) is 10.0 Å². The first-order chi connectivity index (χ1) is 9.47. The highest BCUT2D eigenvalue weighted by molar-refractivity contribution is 6.36. The maximum absolute atomic E-state index is 12.3. The van der Waals surface area contributed by atoms with Crippen molar-refractivity contribution in [3.8, 4) is 0 Å². The number of carboxylic acids is 1. The second kappa shape index (κ2) is 6.46. The van der Waals surface area contributed by atoms with Crippen LogP contribution in [-0.4, -0.2) is 35.0 Å². The molecule has 20 heavy (non-hydrogen) atoms. The molecule has 0 radical (unpaired) electrons. The lowest BCUT2D eigenvalue weighted by atomic mass is 10.0. The van der Waals surface area contributed by atoms with Crippen molar-refractivity contribution in [3.63, 3.8) is 0 Å². The van der Waals surface area contributed by atoms with Crippen molar-refractivity contribution in [3.05, 3.63) is 33.8 Å². The summed E-state index contributed by atoms with van der Waals surface area (Å²) in [6, 6.07) is 4.81. The molecule has 0 aliphatic carbocycles. The quantitative estimate of drug-likeness (QED) is 0.927. The van der Waals surface area contributed by atoms with Gasteiger partial charge < -0.3 is 10.0 Å². The molecule has 0 spiro atoms. The summed E-state index contributed by atoms with van der Waals surface area (Å²) in [5.41, 5.74) is 0.440. The van der Waals surface area contributed by atoms with Gasteiger partial charge in [-0.15, -0.1) is 0 Å². The van der Waals surface area contributed by atoms with Crippen LogP contribution in [0.5, 0.6) is 0 Å². The first-order valence-electron chi connectivity index (χ1n) is 6.43. The minimum absolute atomic E-state index is 0.121. The van der Waals surface area contributed by atoms with E-state index in [-0.39, 0.29) is 18.2 Å². The number of hydrogen-bond donors (Lipinski definition) is 1. The van der Waals surface area contributed by atoms with Gasteiger partial charge in [-0.05, 0) is 37.0 Å². The second-order valence-electron chi connectivity index (χ2n) is 4.96. The van der Waals surface area contributed by atoms with Gasteiger partial charge in [0.15, 0.2) is 0 Å². The first-order valence-corrected chi connectivity index (χ1v) is 7.19. The molecule has 1 amide bonds. The fourth-order valence-corrected chi connectivity index (χ4v) is 2.90. The number of carboxylic acid groups (broad SMARTS) is 1. The van der Waals surface area contributed by atoms with Gasteiger partial charge in [-0.3, -0.25) is 9.59 Å². The number of likely N-dealkylation sites (tertiary alicyclic amines) is 1. The number of halogens is 2. The van der Waals surface area contributed by atoms with Gasteiger partial charge in [0, 0.05) is 24.5 Å². The van der Waals surface area contributed by atoms with Crippen LogP contribution < -0.4 is 0 Å². The van der Waals surface area contributed by atoms with E-state index in [4.69, 9.17) is 28.3 Å². The Labute approximate surface area is 127 Å². The third kappa shape index (κ3) is 3.64. The molecule has 1 aromatic rings. The van der Waals surface area contributed by atoms with Crippen molar-refractivity contribution in [2.75, 3.05) is 13.1 Å². The van der Waals surface area contributed by atoms with Crippen molar-refractivity contribution >= 4 is 35.1 Å². The molecule has 0 saturated carbocycles. The van der Waals surface area contributed by atoms with Crippen LogP contribution in [0.1, 0.15) is 29.6 Å². The number of hydrogen-bond acceptors (Lipinski definition) is 2. The molecule has 2 rings (SSSR count). The zero-order valence-electron chi connectivity index (χ0n) is 10.8. The smallest absolute Gasteiger partial charge is 0.303 e. The summed E-state index contributed by atoms with van der Waals surface area (Å²) in [5, 5.41) is 9.52. The summed E-state index contributed by atoms with van der Waals surface area (Å²) in [6.45, 7) is 1.23. The SMILES string of the molecule is O=C(O)CCC1CCN(C(=O)c2ccc(Cl)cc2Cl)C1. The molecule has 6 heteroatoms. The third-order valence-corrected chi connectivity index (χ3v) is 4.05. The third-order valence-electron chi connectivity index (χ3n) is 3.50. The monoisotopic (exact) mass is 315 g/mol. The molecule has 1 atom stereocenters. The standard InChI is InChI=1S/C14H15Cl2NO3/c15-10-2-3-11(12(16)7-10)14(20)17-6-5-9(8-17)1-4-13(18)19/h2-3,7,9H,1,4-6,8H2,(H,18,19). The predicted molar refractivity (Wildman–Crippen MR) is 77.3 cm³/mol. The van der Waals surface area contributed by atoms with Crippen molar-refractivity contribution in [1.29, 1.82) is 0 Å². The van der Waals surface area contributed by atoms with Gasteiger partial charge in [0.1, 0.15) is 0 Å². The van der Waals surface area contributed by atoms with Crippen LogP contribution in [-0.2, 0) is 4.79 Å². The van der Waals surface area contributed by atoms with E-state index in [1.54, 1.807) is 23.1 Å². The van der Waals surface area contributed by atoms with E-state index in [2.05, 4.69) is 0 Å². The summed E-state index contributed by atoms with van der Waals surface area (Å²) >= 11 is 11.8. The maximum atomic E-state index is 12.3. The maximum Gasteiger partial charge on any atom is 0.303 e. The molecule has 1 heterocycles. The highest BCUT2D eigenvalue weighted by atomic mass is 35.5. The fraction of sp³-hybridized carbons (Fsp3) is 0.429. The Kier molecular flexibility index (Phi) is 4.89.